The van der Waals surface area contributed by atoms with Crippen molar-refractivity contribution < 1.29 is 40.6 Å². The van der Waals surface area contributed by atoms with Gasteiger partial charge in [0.2, 0.25) is 10.0 Å². The van der Waals surface area contributed by atoms with Gasteiger partial charge >= 0.3 is 0 Å². The van der Waals surface area contributed by atoms with Gasteiger partial charge in [0.1, 0.15) is 11.6 Å². The Morgan fingerprint density at radius 1 is 1.00 bits per heavy atom. The molecule has 3 aromatic carbocycles. The summed E-state index contributed by atoms with van der Waals surface area (Å²) in [6.07, 6.45) is 1.17. The molecule has 14 heteroatoms. The molecule has 0 radical (unpaired) electrons. The quantitative estimate of drug-likeness (QED) is 0.325. The van der Waals surface area contributed by atoms with Crippen molar-refractivity contribution in [2.24, 2.45) is 5.92 Å². The van der Waals surface area contributed by atoms with Crippen LogP contribution >= 0.6 is 0 Å². The highest BCUT2D eigenvalue weighted by Gasteiger charge is 2.32. The van der Waals surface area contributed by atoms with Crippen LogP contribution in [0.5, 0.6) is 5.75 Å². The summed E-state index contributed by atoms with van der Waals surface area (Å²) < 4.78 is 82.5. The summed E-state index contributed by atoms with van der Waals surface area (Å²) in [6.45, 7) is 5.53. The summed E-state index contributed by atoms with van der Waals surface area (Å²) in [4.78, 5) is 15.8. The third-order valence-electron chi connectivity index (χ3n) is 8.32. The Morgan fingerprint density at radius 2 is 1.69 bits per heavy atom. The van der Waals surface area contributed by atoms with E-state index in [2.05, 4.69) is 4.72 Å². The third kappa shape index (κ3) is 9.32. The molecule has 0 saturated heterocycles. The maximum atomic E-state index is 14.3. The molecule has 2 N–H and O–H groups in total. The van der Waals surface area contributed by atoms with Gasteiger partial charge in [-0.25, -0.2) is 21.2 Å². The molecule has 1 aliphatic heterocycles. The number of anilines is 1. The number of fused-ring (bicyclic) bond motifs is 1. The molecular weight excluding hydrogens is 662 g/mol. The van der Waals surface area contributed by atoms with E-state index in [4.69, 9.17) is 9.47 Å². The highest BCUT2D eigenvalue weighted by Crippen LogP contribution is 2.30. The maximum absolute atomic E-state index is 14.3. The number of aliphatic hydroxyl groups excluding tert-OH is 1. The van der Waals surface area contributed by atoms with Gasteiger partial charge in [-0.2, -0.15) is 4.31 Å². The smallest absolute Gasteiger partial charge is 0.261 e. The number of carbonyl (C=O) groups is 1. The predicted octanol–water partition coefficient (Wildman–Crippen LogP) is 4.74. The molecule has 4 rings (SSSR count). The standard InChI is InChI=1S/C34H44FN3O8S2/c1-24-21-38(25(2)23-39)34(40)31-20-28(36-47(41,42)29-16-13-27(35)14-17-29)15-18-32(31)46-26(3)10-8-9-19-45-33(24)22-37(4)48(43,44)30-11-6-5-7-12-30/h5-7,11-18,20,24-26,33,36,39H,8-10,19,21-23H2,1-4H3/t24-,25+,26-,33+/m1/s1. The first-order valence-electron chi connectivity index (χ1n) is 15.9. The Labute approximate surface area is 282 Å². The lowest BCUT2D eigenvalue weighted by Crippen LogP contribution is -2.48. The summed E-state index contributed by atoms with van der Waals surface area (Å²) in [5, 5.41) is 10.2. The lowest BCUT2D eigenvalue weighted by Gasteiger charge is -2.35. The van der Waals surface area contributed by atoms with Crippen LogP contribution < -0.4 is 9.46 Å². The fourth-order valence-electron chi connectivity index (χ4n) is 5.40. The number of halogens is 1. The van der Waals surface area contributed by atoms with Gasteiger partial charge in [-0.05, 0) is 87.7 Å². The predicted molar refractivity (Wildman–Crippen MR) is 180 cm³/mol. The summed E-state index contributed by atoms with van der Waals surface area (Å²) in [5.74, 6) is -1.24. The van der Waals surface area contributed by atoms with Crippen LogP contribution in [0.2, 0.25) is 0 Å². The van der Waals surface area contributed by atoms with Gasteiger partial charge in [0.15, 0.2) is 0 Å². The molecule has 0 saturated carbocycles. The number of hydrogen-bond donors (Lipinski definition) is 2. The zero-order chi connectivity index (χ0) is 35.1. The lowest BCUT2D eigenvalue weighted by atomic mass is 10.0. The first-order chi connectivity index (χ1) is 22.7. The fourth-order valence-corrected chi connectivity index (χ4v) is 7.65. The van der Waals surface area contributed by atoms with Crippen molar-refractivity contribution in [3.8, 4) is 5.75 Å². The molecule has 262 valence electrons. The van der Waals surface area contributed by atoms with Crippen molar-refractivity contribution in [2.75, 3.05) is 38.1 Å². The molecule has 11 nitrogen and oxygen atoms in total. The molecule has 0 aliphatic carbocycles. The van der Waals surface area contributed by atoms with Gasteiger partial charge in [-0.3, -0.25) is 9.52 Å². The van der Waals surface area contributed by atoms with E-state index < -0.39 is 43.9 Å². The summed E-state index contributed by atoms with van der Waals surface area (Å²) in [5.41, 5.74) is 0.161. The largest absolute Gasteiger partial charge is 0.490 e. The van der Waals surface area contributed by atoms with Crippen LogP contribution in [-0.4, -0.2) is 88.7 Å². The lowest BCUT2D eigenvalue weighted by molar-refractivity contribution is -0.00833. The topological polar surface area (TPSA) is 143 Å². The molecule has 48 heavy (non-hydrogen) atoms. The minimum Gasteiger partial charge on any atom is -0.490 e. The van der Waals surface area contributed by atoms with Crippen molar-refractivity contribution in [1.29, 1.82) is 0 Å². The molecule has 1 aliphatic rings. The molecule has 4 atom stereocenters. The number of hydrogen-bond acceptors (Lipinski definition) is 8. The highest BCUT2D eigenvalue weighted by molar-refractivity contribution is 7.92. The second-order valence-corrected chi connectivity index (χ2v) is 15.9. The van der Waals surface area contributed by atoms with Crippen LogP contribution in [0.4, 0.5) is 10.1 Å². The zero-order valence-corrected chi connectivity index (χ0v) is 29.2. The first-order valence-corrected chi connectivity index (χ1v) is 18.8. The van der Waals surface area contributed by atoms with E-state index in [1.165, 1.54) is 46.6 Å². The molecule has 0 aromatic heterocycles. The molecule has 0 fully saturated rings. The van der Waals surface area contributed by atoms with Gasteiger partial charge in [-0.15, -0.1) is 0 Å². The average molecular weight is 706 g/mol. The molecule has 0 spiro atoms. The van der Waals surface area contributed by atoms with Gasteiger partial charge in [0.05, 0.1) is 40.2 Å². The van der Waals surface area contributed by atoms with Crippen molar-refractivity contribution in [3.63, 3.8) is 0 Å². The Hall–Kier alpha value is -3.56. The normalized spacial score (nSPS) is 20.8. The van der Waals surface area contributed by atoms with Crippen LogP contribution in [0.15, 0.2) is 82.6 Å². The second kappa shape index (κ2) is 16.2. The van der Waals surface area contributed by atoms with Crippen molar-refractivity contribution in [2.45, 2.75) is 68.1 Å². The number of nitrogens with zero attached hydrogens (tertiary/aromatic N) is 2. The van der Waals surface area contributed by atoms with Gasteiger partial charge in [0, 0.05) is 38.3 Å². The van der Waals surface area contributed by atoms with E-state index in [9.17, 15) is 31.1 Å². The number of sulfonamides is 2. The van der Waals surface area contributed by atoms with Gasteiger partial charge in [-0.1, -0.05) is 25.1 Å². The second-order valence-electron chi connectivity index (χ2n) is 12.2. The highest BCUT2D eigenvalue weighted by atomic mass is 32.2. The first kappa shape index (κ1) is 37.3. The number of carbonyl (C=O) groups excluding carboxylic acids is 1. The summed E-state index contributed by atoms with van der Waals surface area (Å²) >= 11 is 0. The molecule has 1 amide bonds. The van der Waals surface area contributed by atoms with E-state index >= 15 is 0 Å². The molecule has 3 aromatic rings. The Kier molecular flexibility index (Phi) is 12.6. The number of aliphatic hydroxyl groups is 1. The minimum atomic E-state index is -4.12. The Bertz CT molecular complexity index is 1740. The Balaban J connectivity index is 1.68. The summed E-state index contributed by atoms with van der Waals surface area (Å²) in [6, 6.07) is 16.2. The van der Waals surface area contributed by atoms with Gasteiger partial charge < -0.3 is 19.5 Å². The third-order valence-corrected chi connectivity index (χ3v) is 11.6. The molecular formula is C34H44FN3O8S2. The minimum absolute atomic E-state index is 0.0271. The van der Waals surface area contributed by atoms with E-state index in [1.54, 1.807) is 25.1 Å². The molecule has 0 bridgehead atoms. The number of likely N-dealkylation sites (N-methyl/N-ethyl adjacent to an activating group) is 1. The van der Waals surface area contributed by atoms with E-state index in [1.807, 2.05) is 13.8 Å². The molecule has 0 unspecified atom stereocenters. The van der Waals surface area contributed by atoms with Crippen molar-refractivity contribution in [3.05, 3.63) is 84.2 Å². The van der Waals surface area contributed by atoms with Crippen LogP contribution in [0, 0.1) is 11.7 Å². The average Bonchev–Trinajstić information content (AvgIpc) is 3.06. The van der Waals surface area contributed by atoms with Crippen molar-refractivity contribution >= 4 is 31.6 Å². The fraction of sp³-hybridized carbons (Fsp3) is 0.441. The number of benzene rings is 3. The number of rotatable bonds is 9. The van der Waals surface area contributed by atoms with E-state index in [-0.39, 0.29) is 58.5 Å². The Morgan fingerprint density at radius 3 is 2.35 bits per heavy atom. The molecule has 1 heterocycles. The van der Waals surface area contributed by atoms with Crippen LogP contribution in [0.3, 0.4) is 0 Å². The SMILES string of the molecule is C[C@@H]1CCCCO[C@@H](CN(C)S(=O)(=O)c2ccccc2)[C@H](C)CN([C@@H](C)CO)C(=O)c2cc(NS(=O)(=O)c3ccc(F)cc3)ccc2O1. The number of nitrogens with one attached hydrogen (secondary N) is 1. The number of amides is 1. The monoisotopic (exact) mass is 705 g/mol. The van der Waals surface area contributed by atoms with Gasteiger partial charge in [0.25, 0.3) is 15.9 Å². The van der Waals surface area contributed by atoms with Crippen LogP contribution in [-0.2, 0) is 24.8 Å². The number of ether oxygens (including phenoxy) is 2. The van der Waals surface area contributed by atoms with Crippen molar-refractivity contribution in [1.82, 2.24) is 9.21 Å². The maximum Gasteiger partial charge on any atom is 0.261 e. The van der Waals surface area contributed by atoms with E-state index in [0.717, 1.165) is 30.7 Å². The summed E-state index contributed by atoms with van der Waals surface area (Å²) in [7, 11) is -6.44. The van der Waals surface area contributed by atoms with Crippen LogP contribution in [0.1, 0.15) is 50.4 Å². The zero-order valence-electron chi connectivity index (χ0n) is 27.6. The van der Waals surface area contributed by atoms with Crippen LogP contribution in [0.25, 0.3) is 0 Å². The van der Waals surface area contributed by atoms with E-state index in [0.29, 0.717) is 19.4 Å².